The summed E-state index contributed by atoms with van der Waals surface area (Å²) in [6, 6.07) is 10.7. The van der Waals surface area contributed by atoms with Crippen LogP contribution in [-0.4, -0.2) is 67.7 Å². The first-order valence-corrected chi connectivity index (χ1v) is 10.1. The second kappa shape index (κ2) is 9.74. The Kier molecular flexibility index (Phi) is 7.10. The number of hydrogen-bond donors (Lipinski definition) is 1. The SMILES string of the molecule is COC(=O)N1CCC(N2CCC[C@H](C(=O)NCCc3ccccc3)C2)CC1. The monoisotopic (exact) mass is 373 g/mol. The van der Waals surface area contributed by atoms with Crippen molar-refractivity contribution in [1.82, 2.24) is 15.1 Å². The molecule has 0 unspecified atom stereocenters. The highest BCUT2D eigenvalue weighted by atomic mass is 16.5. The summed E-state index contributed by atoms with van der Waals surface area (Å²) in [6.45, 7) is 4.05. The fraction of sp³-hybridized carbons (Fsp3) is 0.619. The lowest BCUT2D eigenvalue weighted by molar-refractivity contribution is -0.127. The number of rotatable bonds is 5. The maximum atomic E-state index is 12.6. The Morgan fingerprint density at radius 1 is 1.11 bits per heavy atom. The molecule has 148 valence electrons. The number of benzene rings is 1. The quantitative estimate of drug-likeness (QED) is 0.860. The third-order valence-electron chi connectivity index (χ3n) is 5.79. The zero-order chi connectivity index (χ0) is 19.1. The number of nitrogens with one attached hydrogen (secondary N) is 1. The number of amides is 2. The van der Waals surface area contributed by atoms with Crippen molar-refractivity contribution in [3.05, 3.63) is 35.9 Å². The van der Waals surface area contributed by atoms with Gasteiger partial charge in [0, 0.05) is 32.2 Å². The summed E-state index contributed by atoms with van der Waals surface area (Å²) in [4.78, 5) is 28.5. The second-order valence-electron chi connectivity index (χ2n) is 7.55. The van der Waals surface area contributed by atoms with Gasteiger partial charge in [-0.3, -0.25) is 9.69 Å². The number of carbonyl (C=O) groups excluding carboxylic acids is 2. The van der Waals surface area contributed by atoms with E-state index in [9.17, 15) is 9.59 Å². The van der Waals surface area contributed by atoms with E-state index < -0.39 is 0 Å². The average molecular weight is 373 g/mol. The van der Waals surface area contributed by atoms with Crippen LogP contribution >= 0.6 is 0 Å². The van der Waals surface area contributed by atoms with Gasteiger partial charge in [0.1, 0.15) is 0 Å². The van der Waals surface area contributed by atoms with Gasteiger partial charge in [-0.05, 0) is 44.2 Å². The van der Waals surface area contributed by atoms with Crippen LogP contribution in [0.5, 0.6) is 0 Å². The fourth-order valence-corrected chi connectivity index (χ4v) is 4.21. The zero-order valence-corrected chi connectivity index (χ0v) is 16.2. The highest BCUT2D eigenvalue weighted by molar-refractivity contribution is 5.79. The van der Waals surface area contributed by atoms with Crippen molar-refractivity contribution in [2.45, 2.75) is 38.1 Å². The topological polar surface area (TPSA) is 61.9 Å². The highest BCUT2D eigenvalue weighted by Gasteiger charge is 2.32. The van der Waals surface area contributed by atoms with Crippen molar-refractivity contribution in [3.8, 4) is 0 Å². The Bertz CT molecular complexity index is 614. The summed E-state index contributed by atoms with van der Waals surface area (Å²) in [5, 5.41) is 3.12. The van der Waals surface area contributed by atoms with Crippen LogP contribution in [0.1, 0.15) is 31.2 Å². The number of carbonyl (C=O) groups is 2. The molecule has 1 atom stereocenters. The maximum Gasteiger partial charge on any atom is 0.409 e. The summed E-state index contributed by atoms with van der Waals surface area (Å²) in [5.74, 6) is 0.260. The first-order valence-electron chi connectivity index (χ1n) is 10.1. The van der Waals surface area contributed by atoms with Gasteiger partial charge in [-0.1, -0.05) is 30.3 Å². The Morgan fingerprint density at radius 3 is 2.56 bits per heavy atom. The van der Waals surface area contributed by atoms with E-state index in [2.05, 4.69) is 22.3 Å². The smallest absolute Gasteiger partial charge is 0.409 e. The van der Waals surface area contributed by atoms with E-state index >= 15 is 0 Å². The minimum atomic E-state index is -0.234. The van der Waals surface area contributed by atoms with Crippen LogP contribution in [0, 0.1) is 5.92 Å². The third-order valence-corrected chi connectivity index (χ3v) is 5.79. The molecule has 2 fully saturated rings. The first kappa shape index (κ1) is 19.7. The Hall–Kier alpha value is -2.08. The molecule has 2 heterocycles. The molecule has 0 aliphatic carbocycles. The number of methoxy groups -OCH3 is 1. The molecular formula is C21H31N3O3. The molecule has 1 aromatic carbocycles. The van der Waals surface area contributed by atoms with Gasteiger partial charge in [0.05, 0.1) is 13.0 Å². The Balaban J connectivity index is 1.42. The molecule has 1 N–H and O–H groups in total. The van der Waals surface area contributed by atoms with Crippen LogP contribution < -0.4 is 5.32 Å². The predicted octanol–water partition coefficient (Wildman–Crippen LogP) is 2.29. The standard InChI is InChI=1S/C21H31N3O3/c1-27-21(26)23-14-10-19(11-15-23)24-13-5-8-18(16-24)20(25)22-12-9-17-6-3-2-4-7-17/h2-4,6-7,18-19H,5,8-16H2,1H3,(H,22,25)/t18-/m0/s1. The van der Waals surface area contributed by atoms with Gasteiger partial charge in [0.25, 0.3) is 0 Å². The number of piperidine rings is 2. The van der Waals surface area contributed by atoms with E-state index in [1.807, 2.05) is 18.2 Å². The lowest BCUT2D eigenvalue weighted by Gasteiger charge is -2.41. The third kappa shape index (κ3) is 5.45. The summed E-state index contributed by atoms with van der Waals surface area (Å²) < 4.78 is 4.81. The van der Waals surface area contributed by atoms with Gasteiger partial charge in [-0.15, -0.1) is 0 Å². The normalized spacial score (nSPS) is 21.7. The van der Waals surface area contributed by atoms with Crippen molar-refractivity contribution < 1.29 is 14.3 Å². The van der Waals surface area contributed by atoms with Crippen LogP contribution in [0.2, 0.25) is 0 Å². The molecule has 0 saturated carbocycles. The van der Waals surface area contributed by atoms with E-state index in [1.54, 1.807) is 4.90 Å². The lowest BCUT2D eigenvalue weighted by atomic mass is 9.93. The Morgan fingerprint density at radius 2 is 1.85 bits per heavy atom. The summed E-state index contributed by atoms with van der Waals surface area (Å²) in [6.07, 6.45) is 4.58. The van der Waals surface area contributed by atoms with Gasteiger partial charge in [-0.2, -0.15) is 0 Å². The van der Waals surface area contributed by atoms with Crippen LogP contribution in [0.15, 0.2) is 30.3 Å². The van der Waals surface area contributed by atoms with E-state index in [1.165, 1.54) is 12.7 Å². The van der Waals surface area contributed by atoms with E-state index in [0.717, 1.165) is 58.3 Å². The molecule has 1 aromatic rings. The van der Waals surface area contributed by atoms with Crippen LogP contribution in [0.4, 0.5) is 4.79 Å². The summed E-state index contributed by atoms with van der Waals surface area (Å²) in [7, 11) is 1.43. The number of hydrogen-bond acceptors (Lipinski definition) is 4. The van der Waals surface area contributed by atoms with E-state index in [-0.39, 0.29) is 17.9 Å². The maximum absolute atomic E-state index is 12.6. The van der Waals surface area contributed by atoms with Crippen LogP contribution in [-0.2, 0) is 16.0 Å². The van der Waals surface area contributed by atoms with Crippen molar-refractivity contribution >= 4 is 12.0 Å². The molecule has 2 aliphatic heterocycles. The molecule has 0 aromatic heterocycles. The fourth-order valence-electron chi connectivity index (χ4n) is 4.21. The van der Waals surface area contributed by atoms with Crippen LogP contribution in [0.3, 0.4) is 0 Å². The molecule has 2 amide bonds. The molecule has 0 radical (unpaired) electrons. The molecule has 2 aliphatic rings. The number of nitrogens with zero attached hydrogens (tertiary/aromatic N) is 2. The van der Waals surface area contributed by atoms with Crippen molar-refractivity contribution in [1.29, 1.82) is 0 Å². The van der Waals surface area contributed by atoms with Gasteiger partial charge in [0.15, 0.2) is 0 Å². The molecule has 27 heavy (non-hydrogen) atoms. The van der Waals surface area contributed by atoms with Gasteiger partial charge in [0.2, 0.25) is 5.91 Å². The number of likely N-dealkylation sites (tertiary alicyclic amines) is 2. The Labute approximate surface area is 161 Å². The molecular weight excluding hydrogens is 342 g/mol. The lowest BCUT2D eigenvalue weighted by Crippen LogP contribution is -2.51. The predicted molar refractivity (Wildman–Crippen MR) is 104 cm³/mol. The summed E-state index contributed by atoms with van der Waals surface area (Å²) in [5.41, 5.74) is 1.25. The van der Waals surface area contributed by atoms with Gasteiger partial charge >= 0.3 is 6.09 Å². The van der Waals surface area contributed by atoms with Crippen molar-refractivity contribution in [3.63, 3.8) is 0 Å². The average Bonchev–Trinajstić information content (AvgIpc) is 2.74. The minimum Gasteiger partial charge on any atom is -0.453 e. The molecule has 0 bridgehead atoms. The van der Waals surface area contributed by atoms with Gasteiger partial charge < -0.3 is 15.0 Å². The second-order valence-corrected chi connectivity index (χ2v) is 7.55. The van der Waals surface area contributed by atoms with Gasteiger partial charge in [-0.25, -0.2) is 4.79 Å². The number of ether oxygens (including phenoxy) is 1. The minimum absolute atomic E-state index is 0.0770. The molecule has 2 saturated heterocycles. The zero-order valence-electron chi connectivity index (χ0n) is 16.2. The first-order chi connectivity index (χ1) is 13.2. The molecule has 6 heteroatoms. The van der Waals surface area contributed by atoms with E-state index in [0.29, 0.717) is 12.6 Å². The molecule has 0 spiro atoms. The summed E-state index contributed by atoms with van der Waals surface area (Å²) >= 11 is 0. The largest absolute Gasteiger partial charge is 0.453 e. The van der Waals surface area contributed by atoms with E-state index in [4.69, 9.17) is 4.74 Å². The molecule has 3 rings (SSSR count). The van der Waals surface area contributed by atoms with Crippen molar-refractivity contribution in [2.75, 3.05) is 39.8 Å². The molecule has 6 nitrogen and oxygen atoms in total. The van der Waals surface area contributed by atoms with Crippen LogP contribution in [0.25, 0.3) is 0 Å². The van der Waals surface area contributed by atoms with Crippen molar-refractivity contribution in [2.24, 2.45) is 5.92 Å². The highest BCUT2D eigenvalue weighted by Crippen LogP contribution is 2.24.